The van der Waals surface area contributed by atoms with Crippen LogP contribution >= 0.6 is 0 Å². The zero-order valence-electron chi connectivity index (χ0n) is 27.8. The number of hydrogen-bond acceptors (Lipinski definition) is 7. The highest BCUT2D eigenvalue weighted by molar-refractivity contribution is 7.89. The van der Waals surface area contributed by atoms with Crippen LogP contribution in [-0.4, -0.2) is 53.0 Å². The third kappa shape index (κ3) is 7.58. The van der Waals surface area contributed by atoms with Gasteiger partial charge in [0.1, 0.15) is 17.5 Å². The summed E-state index contributed by atoms with van der Waals surface area (Å²) in [6.45, 7) is 5.67. The zero-order valence-corrected chi connectivity index (χ0v) is 28.6. The molecule has 0 bridgehead atoms. The number of H-pyrrole nitrogens is 1. The van der Waals surface area contributed by atoms with E-state index in [0.717, 1.165) is 27.8 Å². The second-order valence-electron chi connectivity index (χ2n) is 12.1. The second-order valence-corrected chi connectivity index (χ2v) is 13.7. The molecule has 0 fully saturated rings. The molecule has 0 aliphatic heterocycles. The Morgan fingerprint density at radius 1 is 1.10 bits per heavy atom. The summed E-state index contributed by atoms with van der Waals surface area (Å²) in [5, 5.41) is 12.5. The average Bonchev–Trinajstić information content (AvgIpc) is 3.47. The smallest absolute Gasteiger partial charge is 0.323 e. The van der Waals surface area contributed by atoms with Crippen molar-refractivity contribution in [3.63, 3.8) is 0 Å². The number of rotatable bonds is 14. The fourth-order valence-electron chi connectivity index (χ4n) is 6.02. The van der Waals surface area contributed by atoms with Gasteiger partial charge in [0.25, 0.3) is 0 Å². The van der Waals surface area contributed by atoms with Gasteiger partial charge in [-0.25, -0.2) is 22.2 Å². The van der Waals surface area contributed by atoms with Gasteiger partial charge in [0.2, 0.25) is 27.8 Å². The summed E-state index contributed by atoms with van der Waals surface area (Å²) in [5.74, 6) is -3.37. The third-order valence-electron chi connectivity index (χ3n) is 8.23. The van der Waals surface area contributed by atoms with E-state index in [2.05, 4.69) is 20.0 Å². The van der Waals surface area contributed by atoms with Crippen LogP contribution in [0.4, 0.5) is 20.4 Å². The highest BCUT2D eigenvalue weighted by Gasteiger charge is 2.31. The summed E-state index contributed by atoms with van der Waals surface area (Å²) in [6.07, 6.45) is 3.26. The number of anilines is 2. The van der Waals surface area contributed by atoms with E-state index in [1.54, 1.807) is 46.0 Å². The Hall–Kier alpha value is -5.41. The van der Waals surface area contributed by atoms with Crippen molar-refractivity contribution in [1.29, 1.82) is 0 Å². The van der Waals surface area contributed by atoms with E-state index in [-0.39, 0.29) is 41.4 Å². The van der Waals surface area contributed by atoms with Gasteiger partial charge in [-0.1, -0.05) is 48.0 Å². The molecule has 5 rings (SSSR count). The standard InChI is InChI=1S/C35H36F2N6O6S/c1-20-12-21(2)33(22(3)13-20)50(48,49)41-28(34(46)47)17-43(19-44)29-18-42(11-10-24-8-6-5-7-9-24)31-25(32(29)45)14-27(36)26(30(31)37)16-39-35-38-15-23(4)40-35/h5-9,12-15,18-19,28,41H,10-11,16-17H2,1-4H3,(H,46,47)(H2,38,39,40). The predicted molar refractivity (Wildman–Crippen MR) is 185 cm³/mol. The molecule has 5 aromatic rings. The number of carbonyl (C=O) groups excluding carboxylic acids is 1. The maximum absolute atomic E-state index is 16.3. The lowest BCUT2D eigenvalue weighted by Crippen LogP contribution is -2.49. The number of hydrogen-bond donors (Lipinski definition) is 4. The number of nitrogens with one attached hydrogen (secondary N) is 3. The molecule has 262 valence electrons. The van der Waals surface area contributed by atoms with Crippen molar-refractivity contribution >= 4 is 44.9 Å². The SMILES string of the molecule is Cc1cc(C)c(S(=O)(=O)NC(CN(C=O)c2cn(CCc3ccccc3)c3c(F)c(CNc4ncc(C)[nH]4)c(F)cc3c2=O)C(=O)O)c(C)c1. The summed E-state index contributed by atoms with van der Waals surface area (Å²) in [6, 6.07) is 11.4. The van der Waals surface area contributed by atoms with Gasteiger partial charge in [-0.2, -0.15) is 4.72 Å². The first-order valence-electron chi connectivity index (χ1n) is 15.6. The molecule has 1 unspecified atom stereocenters. The van der Waals surface area contributed by atoms with Crippen LogP contribution in [0.1, 0.15) is 33.5 Å². The molecule has 0 saturated carbocycles. The molecular formula is C35H36F2N6O6S. The number of nitrogens with zero attached hydrogens (tertiary/aromatic N) is 3. The van der Waals surface area contributed by atoms with E-state index in [1.165, 1.54) is 10.8 Å². The van der Waals surface area contributed by atoms with Gasteiger partial charge in [0.15, 0.2) is 5.82 Å². The number of amides is 1. The molecule has 2 heterocycles. The summed E-state index contributed by atoms with van der Waals surface area (Å²) < 4.78 is 62.2. The van der Waals surface area contributed by atoms with E-state index in [9.17, 15) is 27.9 Å². The van der Waals surface area contributed by atoms with Gasteiger partial charge >= 0.3 is 5.97 Å². The number of pyridine rings is 1. The monoisotopic (exact) mass is 706 g/mol. The number of carboxylic acid groups (broad SMARTS) is 1. The van der Waals surface area contributed by atoms with Gasteiger partial charge in [-0.05, 0) is 56.9 Å². The lowest BCUT2D eigenvalue weighted by molar-refractivity contribution is -0.138. The Balaban J connectivity index is 1.57. The number of fused-ring (bicyclic) bond motifs is 1. The van der Waals surface area contributed by atoms with Crippen molar-refractivity contribution in [2.75, 3.05) is 16.8 Å². The van der Waals surface area contributed by atoms with Crippen LogP contribution in [0.3, 0.4) is 0 Å². The van der Waals surface area contributed by atoms with Gasteiger partial charge in [0, 0.05) is 36.7 Å². The fraction of sp³-hybridized carbons (Fsp3) is 0.257. The van der Waals surface area contributed by atoms with Crippen molar-refractivity contribution in [1.82, 2.24) is 19.3 Å². The number of aryl methyl sites for hydroxylation is 6. The number of imidazole rings is 1. The normalized spacial score (nSPS) is 12.2. The molecule has 12 nitrogen and oxygen atoms in total. The minimum Gasteiger partial charge on any atom is -0.480 e. The molecule has 50 heavy (non-hydrogen) atoms. The molecule has 0 spiro atoms. The molecule has 2 aromatic heterocycles. The van der Waals surface area contributed by atoms with Crippen LogP contribution in [0, 0.1) is 39.3 Å². The molecule has 1 atom stereocenters. The average molecular weight is 707 g/mol. The van der Waals surface area contributed by atoms with Gasteiger partial charge in [-0.15, -0.1) is 0 Å². The maximum atomic E-state index is 16.3. The molecule has 0 aliphatic carbocycles. The topological polar surface area (TPSA) is 166 Å². The number of benzene rings is 3. The Morgan fingerprint density at radius 3 is 2.38 bits per heavy atom. The van der Waals surface area contributed by atoms with Crippen LogP contribution in [0.25, 0.3) is 10.9 Å². The Labute approximate surface area is 286 Å². The first kappa shape index (κ1) is 35.9. The highest BCUT2D eigenvalue weighted by atomic mass is 32.2. The lowest BCUT2D eigenvalue weighted by atomic mass is 10.1. The Kier molecular flexibility index (Phi) is 10.5. The van der Waals surface area contributed by atoms with E-state index in [4.69, 9.17) is 0 Å². The van der Waals surface area contributed by atoms with Crippen LogP contribution in [-0.2, 0) is 39.1 Å². The molecule has 15 heteroatoms. The van der Waals surface area contributed by atoms with Crippen LogP contribution < -0.4 is 20.4 Å². The summed E-state index contributed by atoms with van der Waals surface area (Å²) in [5.41, 5.74) is 1.24. The summed E-state index contributed by atoms with van der Waals surface area (Å²) in [7, 11) is -4.42. The molecule has 0 aliphatic rings. The fourth-order valence-corrected chi connectivity index (χ4v) is 7.65. The molecular weight excluding hydrogens is 670 g/mol. The van der Waals surface area contributed by atoms with Crippen molar-refractivity contribution in [2.24, 2.45) is 0 Å². The summed E-state index contributed by atoms with van der Waals surface area (Å²) in [4.78, 5) is 46.3. The lowest BCUT2D eigenvalue weighted by Gasteiger charge is -2.25. The first-order chi connectivity index (χ1) is 23.7. The number of aromatic nitrogens is 3. The van der Waals surface area contributed by atoms with Crippen LogP contribution in [0.5, 0.6) is 0 Å². The largest absolute Gasteiger partial charge is 0.480 e. The van der Waals surface area contributed by atoms with Crippen LogP contribution in [0.15, 0.2) is 70.6 Å². The zero-order chi connectivity index (χ0) is 36.3. The molecule has 0 radical (unpaired) electrons. The quantitative estimate of drug-likeness (QED) is 0.123. The predicted octanol–water partition coefficient (Wildman–Crippen LogP) is 4.49. The number of carbonyl (C=O) groups is 2. The minimum absolute atomic E-state index is 0.0776. The van der Waals surface area contributed by atoms with E-state index in [1.807, 2.05) is 30.3 Å². The minimum atomic E-state index is -4.42. The summed E-state index contributed by atoms with van der Waals surface area (Å²) >= 11 is 0. The molecule has 3 aromatic carbocycles. The third-order valence-corrected chi connectivity index (χ3v) is 10.0. The van der Waals surface area contributed by atoms with Gasteiger partial charge in [0.05, 0.1) is 22.3 Å². The number of aromatic amines is 1. The maximum Gasteiger partial charge on any atom is 0.323 e. The number of aliphatic carboxylic acids is 1. The van der Waals surface area contributed by atoms with Gasteiger partial charge in [-0.3, -0.25) is 14.4 Å². The number of carboxylic acids is 1. The molecule has 0 saturated heterocycles. The van der Waals surface area contributed by atoms with Crippen molar-refractivity contribution < 1.29 is 31.9 Å². The molecule has 4 N–H and O–H groups in total. The first-order valence-corrected chi connectivity index (χ1v) is 17.1. The van der Waals surface area contributed by atoms with E-state index < -0.39 is 56.7 Å². The Morgan fingerprint density at radius 2 is 1.78 bits per heavy atom. The Bertz CT molecular complexity index is 2230. The van der Waals surface area contributed by atoms with Crippen LogP contribution in [0.2, 0.25) is 0 Å². The number of sulfonamides is 1. The highest BCUT2D eigenvalue weighted by Crippen LogP contribution is 2.27. The van der Waals surface area contributed by atoms with Crippen molar-refractivity contribution in [3.8, 4) is 0 Å². The van der Waals surface area contributed by atoms with E-state index >= 15 is 8.78 Å². The second kappa shape index (κ2) is 14.6. The van der Waals surface area contributed by atoms with Crippen molar-refractivity contribution in [3.05, 3.63) is 116 Å². The number of halogens is 2. The van der Waals surface area contributed by atoms with Crippen molar-refractivity contribution in [2.45, 2.75) is 58.1 Å². The van der Waals surface area contributed by atoms with E-state index in [0.29, 0.717) is 17.5 Å². The molecule has 1 amide bonds. The van der Waals surface area contributed by atoms with Gasteiger partial charge < -0.3 is 24.9 Å².